The first-order chi connectivity index (χ1) is 9.70. The second-order valence-corrected chi connectivity index (χ2v) is 6.26. The third kappa shape index (κ3) is 3.13. The average Bonchev–Trinajstić information content (AvgIpc) is 2.31. The first-order valence-electron chi connectivity index (χ1n) is 5.99. The maximum Gasteiger partial charge on any atom is 0.262 e. The van der Waals surface area contributed by atoms with Gasteiger partial charge in [0.2, 0.25) is 0 Å². The molecule has 2 rings (SSSR count). The van der Waals surface area contributed by atoms with Gasteiger partial charge in [-0.25, -0.2) is 17.2 Å². The lowest BCUT2D eigenvalue weighted by Gasteiger charge is -2.13. The Morgan fingerprint density at radius 2 is 1.62 bits per heavy atom. The highest BCUT2D eigenvalue weighted by molar-refractivity contribution is 7.92. The summed E-state index contributed by atoms with van der Waals surface area (Å²) in [6, 6.07) is 5.35. The third-order valence-corrected chi connectivity index (χ3v) is 4.58. The van der Waals surface area contributed by atoms with E-state index in [0.29, 0.717) is 0 Å². The summed E-state index contributed by atoms with van der Waals surface area (Å²) >= 11 is 0. The summed E-state index contributed by atoms with van der Waals surface area (Å²) < 4.78 is 53.3. The van der Waals surface area contributed by atoms with Crippen LogP contribution in [0.4, 0.5) is 14.5 Å². The number of aromatic hydroxyl groups is 1. The summed E-state index contributed by atoms with van der Waals surface area (Å²) in [6.07, 6.45) is 0. The fourth-order valence-electron chi connectivity index (χ4n) is 2.10. The van der Waals surface area contributed by atoms with Crippen molar-refractivity contribution >= 4 is 15.7 Å². The van der Waals surface area contributed by atoms with Gasteiger partial charge in [0, 0.05) is 6.07 Å². The largest absolute Gasteiger partial charge is 0.505 e. The summed E-state index contributed by atoms with van der Waals surface area (Å²) in [5.41, 5.74) is 0.465. The molecule has 0 aromatic heterocycles. The average molecular weight is 313 g/mol. The maximum absolute atomic E-state index is 13.2. The van der Waals surface area contributed by atoms with Gasteiger partial charge in [-0.1, -0.05) is 0 Å². The number of benzene rings is 2. The Hall–Kier alpha value is -2.15. The van der Waals surface area contributed by atoms with E-state index in [4.69, 9.17) is 5.11 Å². The van der Waals surface area contributed by atoms with Crippen LogP contribution in [0.3, 0.4) is 0 Å². The van der Waals surface area contributed by atoms with E-state index in [1.807, 2.05) is 0 Å². The Balaban J connectivity index is 2.46. The number of rotatable bonds is 3. The molecule has 21 heavy (non-hydrogen) atoms. The molecule has 0 bridgehead atoms. The van der Waals surface area contributed by atoms with Crippen LogP contribution in [0.15, 0.2) is 35.2 Å². The number of aryl methyl sites for hydroxylation is 2. The van der Waals surface area contributed by atoms with Crippen LogP contribution in [-0.2, 0) is 10.0 Å². The van der Waals surface area contributed by atoms with E-state index in [1.54, 1.807) is 0 Å². The van der Waals surface area contributed by atoms with E-state index in [2.05, 4.69) is 4.72 Å². The van der Waals surface area contributed by atoms with Crippen molar-refractivity contribution in [3.63, 3.8) is 0 Å². The number of sulfonamides is 1. The van der Waals surface area contributed by atoms with Crippen molar-refractivity contribution in [1.82, 2.24) is 0 Å². The van der Waals surface area contributed by atoms with Crippen LogP contribution in [-0.4, -0.2) is 13.5 Å². The van der Waals surface area contributed by atoms with Crippen LogP contribution in [0.1, 0.15) is 11.1 Å². The number of anilines is 1. The van der Waals surface area contributed by atoms with Gasteiger partial charge < -0.3 is 5.11 Å². The molecule has 0 atom stereocenters. The molecule has 7 heteroatoms. The maximum atomic E-state index is 13.2. The fraction of sp³-hybridized carbons (Fsp3) is 0.143. The molecule has 0 fully saturated rings. The lowest BCUT2D eigenvalue weighted by atomic mass is 10.1. The second-order valence-electron chi connectivity index (χ2n) is 4.64. The minimum Gasteiger partial charge on any atom is -0.505 e. The van der Waals surface area contributed by atoms with Gasteiger partial charge in [0.1, 0.15) is 5.82 Å². The van der Waals surface area contributed by atoms with E-state index in [0.717, 1.165) is 24.3 Å². The van der Waals surface area contributed by atoms with Gasteiger partial charge in [0.05, 0.1) is 10.6 Å². The molecule has 0 heterocycles. The van der Waals surface area contributed by atoms with Crippen LogP contribution in [0.25, 0.3) is 0 Å². The number of nitrogens with one attached hydrogen (secondary N) is 1. The van der Waals surface area contributed by atoms with Crippen molar-refractivity contribution in [1.29, 1.82) is 0 Å². The number of hydrogen-bond donors (Lipinski definition) is 2. The highest BCUT2D eigenvalue weighted by Gasteiger charge is 2.21. The van der Waals surface area contributed by atoms with Gasteiger partial charge in [-0.3, -0.25) is 4.72 Å². The van der Waals surface area contributed by atoms with Crippen molar-refractivity contribution in [2.75, 3.05) is 4.72 Å². The second kappa shape index (κ2) is 5.33. The Morgan fingerprint density at radius 1 is 1.05 bits per heavy atom. The summed E-state index contributed by atoms with van der Waals surface area (Å²) in [7, 11) is -3.99. The molecular weight excluding hydrogens is 300 g/mol. The number of phenols is 1. The van der Waals surface area contributed by atoms with Crippen molar-refractivity contribution in [2.24, 2.45) is 0 Å². The standard InChI is InChI=1S/C14H13F2NO3S/c1-8-5-10(15)6-9(2)14(8)21(19,20)17-11-3-4-13(18)12(16)7-11/h3-7,17-18H,1-2H3. The Labute approximate surface area is 121 Å². The van der Waals surface area contributed by atoms with Crippen molar-refractivity contribution in [2.45, 2.75) is 18.7 Å². The highest BCUT2D eigenvalue weighted by atomic mass is 32.2. The molecule has 4 nitrogen and oxygen atoms in total. The Morgan fingerprint density at radius 3 is 2.14 bits per heavy atom. The predicted octanol–water partition coefficient (Wildman–Crippen LogP) is 3.09. The van der Waals surface area contributed by atoms with E-state index in [-0.39, 0.29) is 21.7 Å². The Kier molecular flexibility index (Phi) is 3.87. The summed E-state index contributed by atoms with van der Waals surface area (Å²) in [5, 5.41) is 9.08. The van der Waals surface area contributed by atoms with Gasteiger partial charge in [0.25, 0.3) is 10.0 Å². The topological polar surface area (TPSA) is 66.4 Å². The Bertz CT molecular complexity index is 781. The molecule has 2 N–H and O–H groups in total. The van der Waals surface area contributed by atoms with Gasteiger partial charge in [-0.05, 0) is 49.2 Å². The normalized spacial score (nSPS) is 11.4. The lowest BCUT2D eigenvalue weighted by molar-refractivity contribution is 0.432. The van der Waals surface area contributed by atoms with Gasteiger partial charge >= 0.3 is 0 Å². The zero-order chi connectivity index (χ0) is 15.8. The van der Waals surface area contributed by atoms with Crippen LogP contribution < -0.4 is 4.72 Å². The van der Waals surface area contributed by atoms with Crippen LogP contribution in [0.2, 0.25) is 0 Å². The highest BCUT2D eigenvalue weighted by Crippen LogP contribution is 2.26. The molecule has 0 aliphatic carbocycles. The first kappa shape index (κ1) is 15.2. The molecule has 0 radical (unpaired) electrons. The van der Waals surface area contributed by atoms with E-state index in [1.165, 1.54) is 19.9 Å². The van der Waals surface area contributed by atoms with Crippen LogP contribution in [0.5, 0.6) is 5.75 Å². The van der Waals surface area contributed by atoms with Crippen LogP contribution >= 0.6 is 0 Å². The zero-order valence-electron chi connectivity index (χ0n) is 11.3. The smallest absolute Gasteiger partial charge is 0.262 e. The number of phenolic OH excluding ortho intramolecular Hbond substituents is 1. The molecule has 0 aliphatic heterocycles. The van der Waals surface area contributed by atoms with E-state index >= 15 is 0 Å². The van der Waals surface area contributed by atoms with Crippen molar-refractivity contribution in [3.8, 4) is 5.75 Å². The summed E-state index contributed by atoms with van der Waals surface area (Å²) in [4.78, 5) is -0.0580. The molecular formula is C14H13F2NO3S. The minimum absolute atomic E-state index is 0.0339. The lowest BCUT2D eigenvalue weighted by Crippen LogP contribution is -2.16. The first-order valence-corrected chi connectivity index (χ1v) is 7.47. The molecule has 0 unspecified atom stereocenters. The molecule has 0 aliphatic rings. The SMILES string of the molecule is Cc1cc(F)cc(C)c1S(=O)(=O)Nc1ccc(O)c(F)c1. The zero-order valence-corrected chi connectivity index (χ0v) is 12.1. The predicted molar refractivity (Wildman–Crippen MR) is 74.7 cm³/mol. The molecule has 0 saturated carbocycles. The molecule has 0 saturated heterocycles. The molecule has 0 spiro atoms. The van der Waals surface area contributed by atoms with Crippen molar-refractivity contribution < 1.29 is 22.3 Å². The fourth-order valence-corrected chi connectivity index (χ4v) is 3.60. The molecule has 2 aromatic rings. The molecule has 2 aromatic carbocycles. The third-order valence-electron chi connectivity index (χ3n) is 2.89. The minimum atomic E-state index is -3.99. The van der Waals surface area contributed by atoms with Gasteiger partial charge in [-0.2, -0.15) is 0 Å². The molecule has 0 amide bonds. The summed E-state index contributed by atoms with van der Waals surface area (Å²) in [5.74, 6) is -2.05. The van der Waals surface area contributed by atoms with Crippen LogP contribution in [0, 0.1) is 25.5 Å². The van der Waals surface area contributed by atoms with Gasteiger partial charge in [0.15, 0.2) is 11.6 Å². The van der Waals surface area contributed by atoms with Gasteiger partial charge in [-0.15, -0.1) is 0 Å². The molecule has 112 valence electrons. The monoisotopic (exact) mass is 313 g/mol. The van der Waals surface area contributed by atoms with E-state index in [9.17, 15) is 17.2 Å². The quantitative estimate of drug-likeness (QED) is 0.856. The number of halogens is 2. The summed E-state index contributed by atoms with van der Waals surface area (Å²) in [6.45, 7) is 2.95. The van der Waals surface area contributed by atoms with Crippen molar-refractivity contribution in [3.05, 3.63) is 53.1 Å². The number of hydrogen-bond acceptors (Lipinski definition) is 3. The van der Waals surface area contributed by atoms with E-state index < -0.39 is 27.4 Å².